The molecular formula is C21H34O9. The molecule has 0 N–H and O–H groups in total. The van der Waals surface area contributed by atoms with Gasteiger partial charge in [0.15, 0.2) is 18.3 Å². The van der Waals surface area contributed by atoms with E-state index in [1.807, 2.05) is 20.8 Å². The van der Waals surface area contributed by atoms with Gasteiger partial charge in [-0.05, 0) is 26.2 Å². The lowest BCUT2D eigenvalue weighted by Crippen LogP contribution is -2.61. The van der Waals surface area contributed by atoms with E-state index >= 15 is 0 Å². The van der Waals surface area contributed by atoms with Crippen LogP contribution in [0, 0.1) is 0 Å². The number of hydrogen-bond acceptors (Lipinski definition) is 9. The summed E-state index contributed by atoms with van der Waals surface area (Å²) in [5, 5.41) is 0. The van der Waals surface area contributed by atoms with Crippen molar-refractivity contribution in [3.8, 4) is 0 Å². The zero-order valence-electron chi connectivity index (χ0n) is 18.5. The Balaban J connectivity index is 3.20. The summed E-state index contributed by atoms with van der Waals surface area (Å²) in [4.78, 5) is 47.9. The van der Waals surface area contributed by atoms with Crippen LogP contribution in [-0.4, -0.2) is 61.0 Å². The molecule has 0 aromatic carbocycles. The molecule has 0 aromatic rings. The predicted octanol–water partition coefficient (Wildman–Crippen LogP) is 2.47. The van der Waals surface area contributed by atoms with Crippen LogP contribution >= 0.6 is 0 Å². The van der Waals surface area contributed by atoms with Crippen molar-refractivity contribution in [3.63, 3.8) is 0 Å². The molecule has 0 aliphatic carbocycles. The molecule has 1 fully saturated rings. The molecule has 0 saturated carbocycles. The van der Waals surface area contributed by atoms with Crippen molar-refractivity contribution >= 4 is 23.9 Å². The first-order valence-electron chi connectivity index (χ1n) is 10.6. The van der Waals surface area contributed by atoms with Gasteiger partial charge < -0.3 is 23.7 Å². The van der Waals surface area contributed by atoms with Crippen molar-refractivity contribution in [3.05, 3.63) is 0 Å². The third-order valence-electron chi connectivity index (χ3n) is 4.48. The number of carbonyl (C=O) groups excluding carboxylic acids is 4. The van der Waals surface area contributed by atoms with E-state index in [1.165, 1.54) is 6.92 Å². The molecule has 1 saturated heterocycles. The number of esters is 4. The molecule has 9 heteroatoms. The van der Waals surface area contributed by atoms with Gasteiger partial charge in [0.25, 0.3) is 0 Å². The first-order valence-corrected chi connectivity index (χ1v) is 10.6. The summed E-state index contributed by atoms with van der Waals surface area (Å²) in [5.41, 5.74) is 0. The molecule has 5 unspecified atom stereocenters. The van der Waals surface area contributed by atoms with E-state index in [9.17, 15) is 19.2 Å². The lowest BCUT2D eigenvalue weighted by molar-refractivity contribution is -0.251. The minimum Gasteiger partial charge on any atom is -0.463 e. The van der Waals surface area contributed by atoms with Crippen molar-refractivity contribution in [2.75, 3.05) is 6.61 Å². The summed E-state index contributed by atoms with van der Waals surface area (Å²) in [6.07, 6.45) is -2.44. The molecule has 1 heterocycles. The maximum Gasteiger partial charge on any atom is 0.306 e. The molecule has 0 amide bonds. The first kappa shape index (κ1) is 25.9. The Labute approximate surface area is 177 Å². The molecule has 0 aromatic heterocycles. The standard InChI is InChI=1S/C21H34O9/c1-6-9-16(23)28-19-13(4)27-15(12-26-14(5)22)20(29-17(24)10-7-2)21(19)30-18(25)11-8-3/h13,15,19-21H,6-12H2,1-5H3. The topological polar surface area (TPSA) is 114 Å². The summed E-state index contributed by atoms with van der Waals surface area (Å²) in [5.74, 6) is -2.01. The van der Waals surface area contributed by atoms with E-state index in [0.29, 0.717) is 19.3 Å². The number of carbonyl (C=O) groups is 4. The van der Waals surface area contributed by atoms with Gasteiger partial charge in [-0.25, -0.2) is 0 Å². The lowest BCUT2D eigenvalue weighted by Gasteiger charge is -2.43. The van der Waals surface area contributed by atoms with E-state index in [2.05, 4.69) is 0 Å². The van der Waals surface area contributed by atoms with Crippen LogP contribution in [0.4, 0.5) is 0 Å². The van der Waals surface area contributed by atoms with Crippen LogP contribution < -0.4 is 0 Å². The second kappa shape index (κ2) is 13.2. The summed E-state index contributed by atoms with van der Waals surface area (Å²) >= 11 is 0. The SMILES string of the molecule is CCCC(=O)OC1C(C)OC(COC(C)=O)C(OC(=O)CCC)C1OC(=O)CCC. The van der Waals surface area contributed by atoms with Crippen LogP contribution in [0.25, 0.3) is 0 Å². The highest BCUT2D eigenvalue weighted by atomic mass is 16.7. The van der Waals surface area contributed by atoms with Gasteiger partial charge in [-0.15, -0.1) is 0 Å². The largest absolute Gasteiger partial charge is 0.463 e. The molecule has 5 atom stereocenters. The maximum atomic E-state index is 12.3. The summed E-state index contributed by atoms with van der Waals surface area (Å²) in [7, 11) is 0. The maximum absolute atomic E-state index is 12.3. The normalized spacial score (nSPS) is 25.8. The summed E-state index contributed by atoms with van der Waals surface area (Å²) < 4.78 is 27.6. The zero-order chi connectivity index (χ0) is 22.7. The molecule has 30 heavy (non-hydrogen) atoms. The van der Waals surface area contributed by atoms with Crippen LogP contribution in [0.3, 0.4) is 0 Å². The molecule has 0 radical (unpaired) electrons. The van der Waals surface area contributed by atoms with Crippen LogP contribution in [0.15, 0.2) is 0 Å². The third-order valence-corrected chi connectivity index (χ3v) is 4.48. The van der Waals surface area contributed by atoms with Crippen molar-refractivity contribution in [1.29, 1.82) is 0 Å². The lowest BCUT2D eigenvalue weighted by atomic mass is 9.94. The Morgan fingerprint density at radius 1 is 0.733 bits per heavy atom. The molecule has 1 aliphatic rings. The zero-order valence-corrected chi connectivity index (χ0v) is 18.5. The predicted molar refractivity (Wildman–Crippen MR) is 105 cm³/mol. The van der Waals surface area contributed by atoms with Gasteiger partial charge in [-0.2, -0.15) is 0 Å². The molecule has 172 valence electrons. The van der Waals surface area contributed by atoms with Crippen molar-refractivity contribution in [2.24, 2.45) is 0 Å². The van der Waals surface area contributed by atoms with E-state index in [4.69, 9.17) is 23.7 Å². The van der Waals surface area contributed by atoms with Crippen molar-refractivity contribution < 1.29 is 42.9 Å². The third kappa shape index (κ3) is 8.30. The fourth-order valence-electron chi connectivity index (χ4n) is 3.11. The summed E-state index contributed by atoms with van der Waals surface area (Å²) in [6.45, 7) is 8.21. The van der Waals surface area contributed by atoms with Crippen LogP contribution in [0.5, 0.6) is 0 Å². The monoisotopic (exact) mass is 430 g/mol. The fraction of sp³-hybridized carbons (Fsp3) is 0.810. The Morgan fingerprint density at radius 3 is 1.60 bits per heavy atom. The van der Waals surface area contributed by atoms with Crippen LogP contribution in [-0.2, 0) is 42.9 Å². The van der Waals surface area contributed by atoms with Gasteiger partial charge in [-0.1, -0.05) is 20.8 Å². The highest BCUT2D eigenvalue weighted by molar-refractivity contribution is 5.71. The Hall–Kier alpha value is -2.16. The van der Waals surface area contributed by atoms with Crippen molar-refractivity contribution in [2.45, 2.75) is 104 Å². The number of ether oxygens (including phenoxy) is 5. The van der Waals surface area contributed by atoms with E-state index < -0.39 is 54.4 Å². The van der Waals surface area contributed by atoms with Crippen molar-refractivity contribution in [1.82, 2.24) is 0 Å². The van der Waals surface area contributed by atoms with Gasteiger partial charge in [0.2, 0.25) is 0 Å². The first-order chi connectivity index (χ1) is 14.2. The second-order valence-electron chi connectivity index (χ2n) is 7.30. The Kier molecular flexibility index (Phi) is 11.4. The van der Waals surface area contributed by atoms with Gasteiger partial charge in [0, 0.05) is 26.2 Å². The summed E-state index contributed by atoms with van der Waals surface area (Å²) in [6, 6.07) is 0. The second-order valence-corrected chi connectivity index (χ2v) is 7.30. The minimum absolute atomic E-state index is 0.155. The van der Waals surface area contributed by atoms with Crippen LogP contribution in [0.1, 0.15) is 73.1 Å². The smallest absolute Gasteiger partial charge is 0.306 e. The fourth-order valence-corrected chi connectivity index (χ4v) is 3.11. The average Bonchev–Trinajstić information content (AvgIpc) is 2.65. The van der Waals surface area contributed by atoms with Gasteiger partial charge in [0.05, 0.1) is 6.10 Å². The van der Waals surface area contributed by atoms with E-state index in [0.717, 1.165) is 0 Å². The number of rotatable bonds is 11. The Bertz CT molecular complexity index is 589. The molecule has 0 spiro atoms. The quantitative estimate of drug-likeness (QED) is 0.360. The molecule has 9 nitrogen and oxygen atoms in total. The highest BCUT2D eigenvalue weighted by Gasteiger charge is 2.51. The molecular weight excluding hydrogens is 396 g/mol. The van der Waals surface area contributed by atoms with Gasteiger partial charge in [-0.3, -0.25) is 19.2 Å². The number of hydrogen-bond donors (Lipinski definition) is 0. The Morgan fingerprint density at radius 2 is 1.17 bits per heavy atom. The highest BCUT2D eigenvalue weighted by Crippen LogP contribution is 2.29. The average molecular weight is 430 g/mol. The molecule has 1 rings (SSSR count). The molecule has 0 bridgehead atoms. The van der Waals surface area contributed by atoms with Crippen LogP contribution in [0.2, 0.25) is 0 Å². The minimum atomic E-state index is -1.08. The molecule has 1 aliphatic heterocycles. The van der Waals surface area contributed by atoms with Gasteiger partial charge >= 0.3 is 23.9 Å². The van der Waals surface area contributed by atoms with E-state index in [-0.39, 0.29) is 25.9 Å². The van der Waals surface area contributed by atoms with E-state index in [1.54, 1.807) is 6.92 Å². The van der Waals surface area contributed by atoms with Gasteiger partial charge in [0.1, 0.15) is 12.7 Å².